The summed E-state index contributed by atoms with van der Waals surface area (Å²) in [6, 6.07) is 3.74. The highest BCUT2D eigenvalue weighted by Gasteiger charge is 2.12. The van der Waals surface area contributed by atoms with Gasteiger partial charge in [0.25, 0.3) is 0 Å². The predicted molar refractivity (Wildman–Crippen MR) is 58.4 cm³/mol. The molecule has 0 amide bonds. The van der Waals surface area contributed by atoms with Crippen LogP contribution < -0.4 is 5.32 Å². The minimum absolute atomic E-state index is 0.240. The van der Waals surface area contributed by atoms with Crippen LogP contribution in [0.25, 0.3) is 0 Å². The third kappa shape index (κ3) is 3.17. The van der Waals surface area contributed by atoms with E-state index in [0.717, 1.165) is 31.9 Å². The topological polar surface area (TPSA) is 21.3 Å². The van der Waals surface area contributed by atoms with Crippen molar-refractivity contribution in [2.24, 2.45) is 0 Å². The van der Waals surface area contributed by atoms with Gasteiger partial charge < -0.3 is 10.1 Å². The fraction of sp³-hybridized carbons (Fsp3) is 0.500. The Kier molecular flexibility index (Phi) is 3.72. The van der Waals surface area contributed by atoms with E-state index in [-0.39, 0.29) is 6.04 Å². The molecule has 2 rings (SSSR count). The average molecular weight is 227 g/mol. The number of nitrogens with one attached hydrogen (secondary N) is 1. The minimum atomic E-state index is -0.549. The Bertz CT molecular complexity index is 329. The largest absolute Gasteiger partial charge is 0.382 e. The molecule has 16 heavy (non-hydrogen) atoms. The van der Waals surface area contributed by atoms with E-state index in [9.17, 15) is 8.78 Å². The minimum Gasteiger partial charge on any atom is -0.382 e. The summed E-state index contributed by atoms with van der Waals surface area (Å²) in [5.41, 5.74) is 0.504. The maximum atomic E-state index is 13.0. The molecule has 1 saturated heterocycles. The van der Waals surface area contributed by atoms with Gasteiger partial charge in [-0.2, -0.15) is 0 Å². The third-order valence-corrected chi connectivity index (χ3v) is 2.69. The standard InChI is InChI=1S/C12H15F2NO/c13-9-6-10(14)8-12(7-9)15-11-2-1-4-16-5-3-11/h6-8,11,15H,1-5H2. The summed E-state index contributed by atoms with van der Waals surface area (Å²) in [5.74, 6) is -1.10. The van der Waals surface area contributed by atoms with Crippen LogP contribution in [0.2, 0.25) is 0 Å². The van der Waals surface area contributed by atoms with Crippen molar-refractivity contribution < 1.29 is 13.5 Å². The van der Waals surface area contributed by atoms with Gasteiger partial charge in [-0.15, -0.1) is 0 Å². The van der Waals surface area contributed by atoms with Crippen molar-refractivity contribution in [2.75, 3.05) is 18.5 Å². The van der Waals surface area contributed by atoms with Crippen LogP contribution in [0.4, 0.5) is 14.5 Å². The molecule has 1 fully saturated rings. The zero-order valence-corrected chi connectivity index (χ0v) is 9.01. The number of rotatable bonds is 2. The molecule has 1 aliphatic heterocycles. The molecule has 4 heteroatoms. The zero-order valence-electron chi connectivity index (χ0n) is 9.01. The molecule has 1 aliphatic rings. The molecule has 0 aromatic heterocycles. The van der Waals surface area contributed by atoms with E-state index in [0.29, 0.717) is 12.3 Å². The summed E-state index contributed by atoms with van der Waals surface area (Å²) in [4.78, 5) is 0. The lowest BCUT2D eigenvalue weighted by Gasteiger charge is -2.17. The van der Waals surface area contributed by atoms with Crippen molar-refractivity contribution in [1.29, 1.82) is 0 Å². The van der Waals surface area contributed by atoms with Gasteiger partial charge in [0.2, 0.25) is 0 Å². The second-order valence-corrected chi connectivity index (χ2v) is 4.04. The third-order valence-electron chi connectivity index (χ3n) is 2.69. The predicted octanol–water partition coefficient (Wildman–Crippen LogP) is 2.95. The summed E-state index contributed by atoms with van der Waals surface area (Å²) in [7, 11) is 0. The Morgan fingerprint density at radius 1 is 1.06 bits per heavy atom. The normalized spacial score (nSPS) is 21.5. The first-order valence-electron chi connectivity index (χ1n) is 5.54. The Balaban J connectivity index is 2.01. The molecular formula is C12H15F2NO. The van der Waals surface area contributed by atoms with Gasteiger partial charge in [0.05, 0.1) is 0 Å². The lowest BCUT2D eigenvalue weighted by atomic mass is 10.1. The lowest BCUT2D eigenvalue weighted by molar-refractivity contribution is 0.144. The highest BCUT2D eigenvalue weighted by Crippen LogP contribution is 2.18. The molecule has 0 spiro atoms. The van der Waals surface area contributed by atoms with E-state index in [4.69, 9.17) is 4.74 Å². The lowest BCUT2D eigenvalue weighted by Crippen LogP contribution is -2.19. The van der Waals surface area contributed by atoms with Gasteiger partial charge in [0.15, 0.2) is 0 Å². The van der Waals surface area contributed by atoms with E-state index in [2.05, 4.69) is 5.32 Å². The number of benzene rings is 1. The SMILES string of the molecule is Fc1cc(F)cc(NC2CCCOCC2)c1. The van der Waals surface area contributed by atoms with Gasteiger partial charge in [0, 0.05) is 31.0 Å². The molecule has 1 heterocycles. The van der Waals surface area contributed by atoms with Crippen molar-refractivity contribution >= 4 is 5.69 Å². The van der Waals surface area contributed by atoms with Crippen LogP contribution in [-0.2, 0) is 4.74 Å². The van der Waals surface area contributed by atoms with Crippen LogP contribution in [0.15, 0.2) is 18.2 Å². The van der Waals surface area contributed by atoms with Gasteiger partial charge >= 0.3 is 0 Å². The van der Waals surface area contributed by atoms with Gasteiger partial charge in [-0.05, 0) is 31.4 Å². The van der Waals surface area contributed by atoms with Crippen LogP contribution in [0.1, 0.15) is 19.3 Å². The summed E-state index contributed by atoms with van der Waals surface area (Å²) < 4.78 is 31.2. The first kappa shape index (κ1) is 11.3. The second-order valence-electron chi connectivity index (χ2n) is 4.04. The molecule has 88 valence electrons. The number of halogens is 2. The molecule has 1 atom stereocenters. The molecule has 0 bridgehead atoms. The van der Waals surface area contributed by atoms with Crippen LogP contribution in [0.5, 0.6) is 0 Å². The van der Waals surface area contributed by atoms with Crippen molar-refractivity contribution in [3.05, 3.63) is 29.8 Å². The molecule has 0 aliphatic carbocycles. The number of hydrogen-bond donors (Lipinski definition) is 1. The summed E-state index contributed by atoms with van der Waals surface area (Å²) in [5, 5.41) is 3.14. The zero-order chi connectivity index (χ0) is 11.4. The first-order valence-corrected chi connectivity index (χ1v) is 5.54. The maximum Gasteiger partial charge on any atom is 0.128 e. The van der Waals surface area contributed by atoms with Crippen LogP contribution in [-0.4, -0.2) is 19.3 Å². The van der Waals surface area contributed by atoms with Crippen LogP contribution >= 0.6 is 0 Å². The smallest absolute Gasteiger partial charge is 0.128 e. The molecule has 2 nitrogen and oxygen atoms in total. The Labute approximate surface area is 93.6 Å². The summed E-state index contributed by atoms with van der Waals surface area (Å²) in [6.45, 7) is 1.48. The van der Waals surface area contributed by atoms with Crippen LogP contribution in [0.3, 0.4) is 0 Å². The van der Waals surface area contributed by atoms with Gasteiger partial charge in [-0.3, -0.25) is 0 Å². The quantitative estimate of drug-likeness (QED) is 0.838. The van der Waals surface area contributed by atoms with Crippen molar-refractivity contribution in [2.45, 2.75) is 25.3 Å². The van der Waals surface area contributed by atoms with E-state index in [1.165, 1.54) is 12.1 Å². The Morgan fingerprint density at radius 2 is 1.81 bits per heavy atom. The van der Waals surface area contributed by atoms with Crippen molar-refractivity contribution in [1.82, 2.24) is 0 Å². The summed E-state index contributed by atoms with van der Waals surface area (Å²) >= 11 is 0. The van der Waals surface area contributed by atoms with Crippen molar-refractivity contribution in [3.8, 4) is 0 Å². The maximum absolute atomic E-state index is 13.0. The molecular weight excluding hydrogens is 212 g/mol. The Hall–Kier alpha value is -1.16. The Morgan fingerprint density at radius 3 is 2.56 bits per heavy atom. The molecule has 1 unspecified atom stereocenters. The van der Waals surface area contributed by atoms with Crippen molar-refractivity contribution in [3.63, 3.8) is 0 Å². The number of anilines is 1. The molecule has 1 N–H and O–H groups in total. The molecule has 1 aromatic rings. The fourth-order valence-electron chi connectivity index (χ4n) is 1.92. The highest BCUT2D eigenvalue weighted by atomic mass is 19.1. The first-order chi connectivity index (χ1) is 7.74. The van der Waals surface area contributed by atoms with Gasteiger partial charge in [-0.25, -0.2) is 8.78 Å². The molecule has 0 radical (unpaired) electrons. The average Bonchev–Trinajstić information content (AvgIpc) is 2.44. The highest BCUT2D eigenvalue weighted by molar-refractivity contribution is 5.44. The van der Waals surface area contributed by atoms with E-state index in [1.54, 1.807) is 0 Å². The summed E-state index contributed by atoms with van der Waals surface area (Å²) in [6.07, 6.45) is 2.83. The second kappa shape index (κ2) is 5.25. The van der Waals surface area contributed by atoms with E-state index in [1.807, 2.05) is 0 Å². The molecule has 0 saturated carbocycles. The van der Waals surface area contributed by atoms with Gasteiger partial charge in [-0.1, -0.05) is 0 Å². The fourth-order valence-corrected chi connectivity index (χ4v) is 1.92. The van der Waals surface area contributed by atoms with E-state index < -0.39 is 11.6 Å². The number of ether oxygens (including phenoxy) is 1. The monoisotopic (exact) mass is 227 g/mol. The van der Waals surface area contributed by atoms with E-state index >= 15 is 0 Å². The van der Waals surface area contributed by atoms with Crippen LogP contribution in [0, 0.1) is 11.6 Å². The van der Waals surface area contributed by atoms with Gasteiger partial charge in [0.1, 0.15) is 11.6 Å². The number of hydrogen-bond acceptors (Lipinski definition) is 2. The molecule has 1 aromatic carbocycles.